The average molecular weight is 401 g/mol. The van der Waals surface area contributed by atoms with Gasteiger partial charge in [-0.15, -0.1) is 0 Å². The van der Waals surface area contributed by atoms with Crippen molar-refractivity contribution >= 4 is 11.9 Å². The molecule has 166 valence electrons. The normalized spacial score (nSPS) is 12.0. The van der Waals surface area contributed by atoms with Gasteiger partial charge < -0.3 is 14.6 Å². The smallest absolute Gasteiger partial charge is 0.305 e. The molecule has 0 saturated heterocycles. The van der Waals surface area contributed by atoms with Crippen molar-refractivity contribution in [2.75, 3.05) is 13.2 Å². The average Bonchev–Trinajstić information content (AvgIpc) is 2.68. The number of hydrogen-bond acceptors (Lipinski definition) is 5. The maximum absolute atomic E-state index is 11.6. The molecule has 0 aliphatic rings. The van der Waals surface area contributed by atoms with E-state index in [0.717, 1.165) is 12.8 Å². The molecular weight excluding hydrogens is 356 g/mol. The zero-order valence-corrected chi connectivity index (χ0v) is 18.4. The molecule has 1 atom stereocenters. The molecule has 1 N–H and O–H groups in total. The van der Waals surface area contributed by atoms with Gasteiger partial charge in [0.2, 0.25) is 0 Å². The maximum atomic E-state index is 11.6. The lowest BCUT2D eigenvalue weighted by atomic mass is 10.0. The zero-order chi connectivity index (χ0) is 20.9. The second kappa shape index (κ2) is 20.6. The Morgan fingerprint density at radius 2 is 1.00 bits per heavy atom. The summed E-state index contributed by atoms with van der Waals surface area (Å²) in [5.41, 5.74) is 0. The molecule has 0 spiro atoms. The van der Waals surface area contributed by atoms with Crippen LogP contribution in [0.1, 0.15) is 117 Å². The number of ether oxygens (including phenoxy) is 2. The minimum Gasteiger partial charge on any atom is -0.463 e. The first-order valence-electron chi connectivity index (χ1n) is 11.6. The Kier molecular flexibility index (Phi) is 19.8. The topological polar surface area (TPSA) is 72.8 Å². The molecule has 0 bridgehead atoms. The highest BCUT2D eigenvalue weighted by Gasteiger charge is 2.11. The highest BCUT2D eigenvalue weighted by atomic mass is 16.6. The second-order valence-corrected chi connectivity index (χ2v) is 7.76. The van der Waals surface area contributed by atoms with Crippen LogP contribution in [0.15, 0.2) is 0 Å². The number of rotatable bonds is 20. The highest BCUT2D eigenvalue weighted by Crippen LogP contribution is 2.13. The third-order valence-electron chi connectivity index (χ3n) is 4.81. The largest absolute Gasteiger partial charge is 0.463 e. The Labute approximate surface area is 172 Å². The standard InChI is InChI=1S/C23H44O5/c1-3-5-6-7-8-9-10-11-12-13-14-15-16-18-23(26)28-20-21(24)19-27-22(25)17-4-2/h21,24H,3-20H2,1-2H3. The highest BCUT2D eigenvalue weighted by molar-refractivity contribution is 5.69. The van der Waals surface area contributed by atoms with Crippen LogP contribution in [0.2, 0.25) is 0 Å². The summed E-state index contributed by atoms with van der Waals surface area (Å²) in [7, 11) is 0. The molecule has 0 fully saturated rings. The quantitative estimate of drug-likeness (QED) is 0.209. The van der Waals surface area contributed by atoms with Crippen LogP contribution in [0.25, 0.3) is 0 Å². The maximum Gasteiger partial charge on any atom is 0.305 e. The van der Waals surface area contributed by atoms with E-state index >= 15 is 0 Å². The van der Waals surface area contributed by atoms with E-state index in [1.807, 2.05) is 6.92 Å². The summed E-state index contributed by atoms with van der Waals surface area (Å²) in [6.45, 7) is 3.90. The van der Waals surface area contributed by atoms with E-state index in [4.69, 9.17) is 9.47 Å². The van der Waals surface area contributed by atoms with Crippen molar-refractivity contribution in [2.24, 2.45) is 0 Å². The number of carbonyl (C=O) groups is 2. The molecule has 28 heavy (non-hydrogen) atoms. The van der Waals surface area contributed by atoms with Gasteiger partial charge in [-0.25, -0.2) is 0 Å². The summed E-state index contributed by atoms with van der Waals surface area (Å²) in [5.74, 6) is -0.623. The Bertz CT molecular complexity index is 370. The van der Waals surface area contributed by atoms with Crippen LogP contribution in [-0.4, -0.2) is 36.4 Å². The van der Waals surface area contributed by atoms with Crippen molar-refractivity contribution in [3.8, 4) is 0 Å². The minimum atomic E-state index is -0.948. The summed E-state index contributed by atoms with van der Waals surface area (Å²) >= 11 is 0. The van der Waals surface area contributed by atoms with Gasteiger partial charge in [-0.3, -0.25) is 9.59 Å². The number of esters is 2. The fourth-order valence-corrected chi connectivity index (χ4v) is 3.06. The molecule has 0 saturated carbocycles. The minimum absolute atomic E-state index is 0.114. The second-order valence-electron chi connectivity index (χ2n) is 7.76. The van der Waals surface area contributed by atoms with Crippen molar-refractivity contribution in [3.63, 3.8) is 0 Å². The van der Waals surface area contributed by atoms with Crippen molar-refractivity contribution in [1.82, 2.24) is 0 Å². The molecule has 0 aromatic heterocycles. The lowest BCUT2D eigenvalue weighted by molar-refractivity contribution is -0.152. The van der Waals surface area contributed by atoms with Crippen molar-refractivity contribution in [2.45, 2.75) is 123 Å². The molecule has 0 aliphatic carbocycles. The number of hydrogen-bond donors (Lipinski definition) is 1. The van der Waals surface area contributed by atoms with Crippen LogP contribution < -0.4 is 0 Å². The van der Waals surface area contributed by atoms with Gasteiger partial charge in [-0.1, -0.05) is 90.9 Å². The molecule has 0 rings (SSSR count). The molecule has 0 amide bonds. The predicted molar refractivity (Wildman–Crippen MR) is 113 cm³/mol. The molecule has 1 unspecified atom stereocenters. The van der Waals surface area contributed by atoms with Gasteiger partial charge in [0.05, 0.1) is 0 Å². The Balaban J connectivity index is 3.33. The predicted octanol–water partition coefficient (Wildman–Crippen LogP) is 5.72. The molecule has 0 heterocycles. The summed E-state index contributed by atoms with van der Waals surface area (Å²) in [6.07, 6.45) is 17.0. The fraction of sp³-hybridized carbons (Fsp3) is 0.913. The van der Waals surface area contributed by atoms with E-state index in [0.29, 0.717) is 19.3 Å². The summed E-state index contributed by atoms with van der Waals surface area (Å²) in [5, 5.41) is 9.64. The molecular formula is C23H44O5. The summed E-state index contributed by atoms with van der Waals surface area (Å²) in [4.78, 5) is 22.8. The number of aliphatic hydroxyl groups is 1. The van der Waals surface area contributed by atoms with E-state index in [9.17, 15) is 14.7 Å². The van der Waals surface area contributed by atoms with Crippen molar-refractivity contribution in [3.05, 3.63) is 0 Å². The van der Waals surface area contributed by atoms with E-state index < -0.39 is 6.10 Å². The first-order valence-corrected chi connectivity index (χ1v) is 11.6. The Morgan fingerprint density at radius 1 is 0.607 bits per heavy atom. The molecule has 0 aliphatic heterocycles. The first kappa shape index (κ1) is 26.9. The third kappa shape index (κ3) is 19.7. The molecule has 0 aromatic rings. The number of unbranched alkanes of at least 4 members (excludes halogenated alkanes) is 12. The van der Waals surface area contributed by atoms with Crippen molar-refractivity contribution in [1.29, 1.82) is 0 Å². The van der Waals surface area contributed by atoms with E-state index in [2.05, 4.69) is 6.92 Å². The van der Waals surface area contributed by atoms with Gasteiger partial charge in [0.25, 0.3) is 0 Å². The van der Waals surface area contributed by atoms with E-state index in [-0.39, 0.29) is 25.2 Å². The zero-order valence-electron chi connectivity index (χ0n) is 18.4. The van der Waals surface area contributed by atoms with Crippen molar-refractivity contribution < 1.29 is 24.2 Å². The van der Waals surface area contributed by atoms with Gasteiger partial charge in [-0.2, -0.15) is 0 Å². The summed E-state index contributed by atoms with van der Waals surface area (Å²) < 4.78 is 9.90. The number of aliphatic hydroxyl groups excluding tert-OH is 1. The van der Waals surface area contributed by atoms with Crippen LogP contribution in [0.4, 0.5) is 0 Å². The SMILES string of the molecule is CCCCCCCCCCCCCCCC(=O)OCC(O)COC(=O)CCC. The molecule has 5 heteroatoms. The van der Waals surface area contributed by atoms with Crippen LogP contribution in [0.5, 0.6) is 0 Å². The molecule has 5 nitrogen and oxygen atoms in total. The van der Waals surface area contributed by atoms with Crippen LogP contribution >= 0.6 is 0 Å². The molecule has 0 aromatic carbocycles. The van der Waals surface area contributed by atoms with Gasteiger partial charge >= 0.3 is 11.9 Å². The Hall–Kier alpha value is -1.10. The third-order valence-corrected chi connectivity index (χ3v) is 4.81. The van der Waals surface area contributed by atoms with Crippen LogP contribution in [0.3, 0.4) is 0 Å². The van der Waals surface area contributed by atoms with Crippen LogP contribution in [0, 0.1) is 0 Å². The Morgan fingerprint density at radius 3 is 1.43 bits per heavy atom. The fourth-order valence-electron chi connectivity index (χ4n) is 3.06. The summed E-state index contributed by atoms with van der Waals surface area (Å²) in [6, 6.07) is 0. The van der Waals surface area contributed by atoms with Gasteiger partial charge in [0.15, 0.2) is 0 Å². The van der Waals surface area contributed by atoms with Crippen LogP contribution in [-0.2, 0) is 19.1 Å². The first-order chi connectivity index (χ1) is 13.6. The number of carbonyl (C=O) groups excluding carboxylic acids is 2. The van der Waals surface area contributed by atoms with Gasteiger partial charge in [0.1, 0.15) is 19.3 Å². The van der Waals surface area contributed by atoms with Gasteiger partial charge in [-0.05, 0) is 12.8 Å². The monoisotopic (exact) mass is 400 g/mol. The van der Waals surface area contributed by atoms with E-state index in [1.165, 1.54) is 70.6 Å². The van der Waals surface area contributed by atoms with Gasteiger partial charge in [0, 0.05) is 12.8 Å². The van der Waals surface area contributed by atoms with E-state index in [1.54, 1.807) is 0 Å². The lowest BCUT2D eigenvalue weighted by Crippen LogP contribution is -2.25. The molecule has 0 radical (unpaired) electrons. The lowest BCUT2D eigenvalue weighted by Gasteiger charge is -2.11.